The molecule has 0 fully saturated rings. The van der Waals surface area contributed by atoms with Crippen LogP contribution < -0.4 is 11.1 Å². The second kappa shape index (κ2) is 7.32. The number of nitrogens with two attached hydrogens (primary N) is 1. The van der Waals surface area contributed by atoms with Gasteiger partial charge in [0.25, 0.3) is 0 Å². The molecule has 4 nitrogen and oxygen atoms in total. The van der Waals surface area contributed by atoms with Gasteiger partial charge in [-0.25, -0.2) is 0 Å². The summed E-state index contributed by atoms with van der Waals surface area (Å²) in [6.07, 6.45) is 2.64. The highest BCUT2D eigenvalue weighted by atomic mass is 32.2. The summed E-state index contributed by atoms with van der Waals surface area (Å²) >= 11 is 1.67. The fraction of sp³-hybridized carbons (Fsp3) is 0.417. The largest absolute Gasteiger partial charge is 0.392 e. The van der Waals surface area contributed by atoms with Crippen molar-refractivity contribution in [2.24, 2.45) is 5.73 Å². The highest BCUT2D eigenvalue weighted by Crippen LogP contribution is 2.11. The summed E-state index contributed by atoms with van der Waals surface area (Å²) in [5, 5.41) is 11.7. The van der Waals surface area contributed by atoms with E-state index in [-0.39, 0.29) is 12.5 Å². The molecule has 0 aliphatic heterocycles. The van der Waals surface area contributed by atoms with Crippen molar-refractivity contribution in [2.45, 2.75) is 19.1 Å². The van der Waals surface area contributed by atoms with Crippen molar-refractivity contribution in [1.29, 1.82) is 0 Å². The summed E-state index contributed by atoms with van der Waals surface area (Å²) in [5.74, 6) is 0.680. The lowest BCUT2D eigenvalue weighted by Crippen LogP contribution is -2.36. The Morgan fingerprint density at radius 1 is 1.59 bits per heavy atom. The average molecular weight is 254 g/mol. The molecule has 1 rings (SSSR count). The van der Waals surface area contributed by atoms with E-state index in [9.17, 15) is 4.79 Å². The van der Waals surface area contributed by atoms with Gasteiger partial charge in [0, 0.05) is 5.69 Å². The number of rotatable bonds is 6. The zero-order valence-corrected chi connectivity index (χ0v) is 10.7. The Morgan fingerprint density at radius 2 is 2.35 bits per heavy atom. The lowest BCUT2D eigenvalue weighted by atomic mass is 10.2. The topological polar surface area (TPSA) is 75.4 Å². The Bertz CT molecular complexity index is 371. The monoisotopic (exact) mass is 254 g/mol. The number of hydrogen-bond donors (Lipinski definition) is 3. The average Bonchev–Trinajstić information content (AvgIpc) is 2.36. The van der Waals surface area contributed by atoms with E-state index in [1.165, 1.54) is 0 Å². The Balaban J connectivity index is 2.54. The zero-order chi connectivity index (χ0) is 12.7. The van der Waals surface area contributed by atoms with Gasteiger partial charge in [0.05, 0.1) is 12.6 Å². The summed E-state index contributed by atoms with van der Waals surface area (Å²) in [5.41, 5.74) is 7.18. The lowest BCUT2D eigenvalue weighted by Gasteiger charge is -2.12. The van der Waals surface area contributed by atoms with Crippen LogP contribution in [0.2, 0.25) is 0 Å². The molecular weight excluding hydrogens is 236 g/mol. The SMILES string of the molecule is CSCC[C@H](N)C(=O)Nc1cccc(CO)c1. The normalized spacial score (nSPS) is 12.2. The third-order valence-electron chi connectivity index (χ3n) is 2.35. The summed E-state index contributed by atoms with van der Waals surface area (Å²) < 4.78 is 0. The highest BCUT2D eigenvalue weighted by molar-refractivity contribution is 7.98. The van der Waals surface area contributed by atoms with Crippen LogP contribution in [0.15, 0.2) is 24.3 Å². The van der Waals surface area contributed by atoms with Crippen molar-refractivity contribution in [2.75, 3.05) is 17.3 Å². The molecule has 0 heterocycles. The van der Waals surface area contributed by atoms with E-state index in [1.54, 1.807) is 36.0 Å². The minimum absolute atomic E-state index is 0.0394. The van der Waals surface area contributed by atoms with Gasteiger partial charge in [-0.15, -0.1) is 0 Å². The molecule has 0 saturated heterocycles. The van der Waals surface area contributed by atoms with Gasteiger partial charge in [-0.1, -0.05) is 12.1 Å². The number of benzene rings is 1. The van der Waals surface area contributed by atoms with Gasteiger partial charge in [-0.2, -0.15) is 11.8 Å². The molecule has 0 aliphatic rings. The van der Waals surface area contributed by atoms with E-state index in [4.69, 9.17) is 10.8 Å². The molecule has 1 atom stereocenters. The number of amides is 1. The first-order valence-electron chi connectivity index (χ1n) is 5.42. The van der Waals surface area contributed by atoms with Crippen molar-refractivity contribution < 1.29 is 9.90 Å². The molecule has 1 amide bonds. The number of carbonyl (C=O) groups is 1. The third-order valence-corrected chi connectivity index (χ3v) is 2.99. The Morgan fingerprint density at radius 3 is 3.00 bits per heavy atom. The van der Waals surface area contributed by atoms with E-state index in [0.717, 1.165) is 11.3 Å². The molecule has 4 N–H and O–H groups in total. The number of nitrogens with one attached hydrogen (secondary N) is 1. The van der Waals surface area contributed by atoms with Crippen LogP contribution >= 0.6 is 11.8 Å². The molecule has 0 radical (unpaired) electrons. The van der Waals surface area contributed by atoms with Crippen LogP contribution in [0.5, 0.6) is 0 Å². The number of thioether (sulfide) groups is 1. The quantitative estimate of drug-likeness (QED) is 0.713. The van der Waals surface area contributed by atoms with Crippen molar-refractivity contribution in [3.8, 4) is 0 Å². The summed E-state index contributed by atoms with van der Waals surface area (Å²) in [4.78, 5) is 11.7. The van der Waals surface area contributed by atoms with Gasteiger partial charge in [-0.05, 0) is 36.1 Å². The molecule has 1 aromatic rings. The summed E-state index contributed by atoms with van der Waals surface area (Å²) in [6.45, 7) is -0.0394. The molecule has 5 heteroatoms. The van der Waals surface area contributed by atoms with Gasteiger partial charge in [-0.3, -0.25) is 4.79 Å². The molecule has 0 saturated carbocycles. The molecular formula is C12H18N2O2S. The van der Waals surface area contributed by atoms with Gasteiger partial charge in [0.1, 0.15) is 0 Å². The van der Waals surface area contributed by atoms with Crippen LogP contribution in [0.25, 0.3) is 0 Å². The molecule has 0 aliphatic carbocycles. The Kier molecular flexibility index (Phi) is 6.04. The maximum Gasteiger partial charge on any atom is 0.241 e. The minimum atomic E-state index is -0.486. The molecule has 0 aromatic heterocycles. The van der Waals surface area contributed by atoms with Crippen LogP contribution in [0.4, 0.5) is 5.69 Å². The second-order valence-corrected chi connectivity index (χ2v) is 4.72. The molecule has 94 valence electrons. The predicted octanol–water partition coefficient (Wildman–Crippen LogP) is 1.20. The zero-order valence-electron chi connectivity index (χ0n) is 9.85. The van der Waals surface area contributed by atoms with E-state index >= 15 is 0 Å². The van der Waals surface area contributed by atoms with Gasteiger partial charge >= 0.3 is 0 Å². The summed E-state index contributed by atoms with van der Waals surface area (Å²) in [7, 11) is 0. The van der Waals surface area contributed by atoms with Crippen molar-refractivity contribution >= 4 is 23.4 Å². The number of aliphatic hydroxyl groups excluding tert-OH is 1. The molecule has 0 bridgehead atoms. The molecule has 0 spiro atoms. The van der Waals surface area contributed by atoms with E-state index in [2.05, 4.69) is 5.32 Å². The van der Waals surface area contributed by atoms with E-state index in [1.807, 2.05) is 6.26 Å². The number of aliphatic hydroxyl groups is 1. The smallest absolute Gasteiger partial charge is 0.241 e. The van der Waals surface area contributed by atoms with E-state index in [0.29, 0.717) is 12.1 Å². The molecule has 0 unspecified atom stereocenters. The van der Waals surface area contributed by atoms with E-state index < -0.39 is 6.04 Å². The second-order valence-electron chi connectivity index (χ2n) is 3.74. The van der Waals surface area contributed by atoms with Gasteiger partial charge in [0.2, 0.25) is 5.91 Å². The highest BCUT2D eigenvalue weighted by Gasteiger charge is 2.12. The Labute approximate surface area is 106 Å². The van der Waals surface area contributed by atoms with Gasteiger partial charge in [0.15, 0.2) is 0 Å². The van der Waals surface area contributed by atoms with Crippen molar-refractivity contribution in [3.05, 3.63) is 29.8 Å². The van der Waals surface area contributed by atoms with Crippen LogP contribution in [0, 0.1) is 0 Å². The first kappa shape index (κ1) is 14.0. The predicted molar refractivity (Wildman–Crippen MR) is 72.0 cm³/mol. The standard InChI is InChI=1S/C12H18N2O2S/c1-17-6-5-11(13)12(16)14-10-4-2-3-9(7-10)8-15/h2-4,7,11,15H,5-6,8,13H2,1H3,(H,14,16)/t11-/m0/s1. The lowest BCUT2D eigenvalue weighted by molar-refractivity contribution is -0.117. The molecule has 17 heavy (non-hydrogen) atoms. The van der Waals surface area contributed by atoms with Crippen LogP contribution in [0.1, 0.15) is 12.0 Å². The first-order valence-corrected chi connectivity index (χ1v) is 6.82. The van der Waals surface area contributed by atoms with Crippen LogP contribution in [-0.4, -0.2) is 29.1 Å². The van der Waals surface area contributed by atoms with Gasteiger partial charge < -0.3 is 16.2 Å². The number of carbonyl (C=O) groups excluding carboxylic acids is 1. The number of anilines is 1. The van der Waals surface area contributed by atoms with Crippen molar-refractivity contribution in [3.63, 3.8) is 0 Å². The number of hydrogen-bond acceptors (Lipinski definition) is 4. The fourth-order valence-electron chi connectivity index (χ4n) is 1.36. The maximum atomic E-state index is 11.7. The first-order chi connectivity index (χ1) is 8.17. The Hall–Kier alpha value is -1.04. The maximum absolute atomic E-state index is 11.7. The minimum Gasteiger partial charge on any atom is -0.392 e. The van der Waals surface area contributed by atoms with Crippen LogP contribution in [0.3, 0.4) is 0 Å². The van der Waals surface area contributed by atoms with Crippen molar-refractivity contribution in [1.82, 2.24) is 0 Å². The fourth-order valence-corrected chi connectivity index (χ4v) is 1.85. The van der Waals surface area contributed by atoms with Crippen LogP contribution in [-0.2, 0) is 11.4 Å². The summed E-state index contributed by atoms with van der Waals surface area (Å²) in [6, 6.07) is 6.61. The third kappa shape index (κ3) is 4.77. The molecule has 1 aromatic carbocycles.